The molecule has 0 unspecified atom stereocenters. The Morgan fingerprint density at radius 3 is 2.08 bits per heavy atom. The Kier molecular flexibility index (Phi) is 5.62. The molecule has 0 aromatic heterocycles. The molecule has 0 saturated heterocycles. The van der Waals surface area contributed by atoms with E-state index in [9.17, 15) is 9.90 Å². The highest BCUT2D eigenvalue weighted by Crippen LogP contribution is 2.37. The Balaban J connectivity index is 2.15. The van der Waals surface area contributed by atoms with Crippen molar-refractivity contribution in [3.05, 3.63) is 47.5 Å². The number of benzene rings is 2. The summed E-state index contributed by atoms with van der Waals surface area (Å²) < 4.78 is 15.8. The van der Waals surface area contributed by atoms with Crippen molar-refractivity contribution in [1.82, 2.24) is 0 Å². The van der Waals surface area contributed by atoms with Crippen LogP contribution >= 0.6 is 0 Å². The van der Waals surface area contributed by atoms with E-state index in [0.29, 0.717) is 22.9 Å². The maximum absolute atomic E-state index is 10.7. The molecule has 2 aromatic carbocycles. The fourth-order valence-electron chi connectivity index (χ4n) is 2.04. The number of aromatic carboxylic acids is 1. The van der Waals surface area contributed by atoms with E-state index in [1.165, 1.54) is 33.5 Å². The number of anilines is 1. The number of nitrogens with zero attached hydrogens (tertiary/aromatic N) is 1. The van der Waals surface area contributed by atoms with Gasteiger partial charge < -0.3 is 24.1 Å². The number of hydrogen-bond acceptors (Lipinski definition) is 7. The van der Waals surface area contributed by atoms with Gasteiger partial charge in [-0.3, -0.25) is 5.43 Å². The maximum Gasteiger partial charge on any atom is 0.203 e. The number of carboxylic acids is 1. The fourth-order valence-corrected chi connectivity index (χ4v) is 2.04. The van der Waals surface area contributed by atoms with Crippen LogP contribution < -0.4 is 24.7 Å². The lowest BCUT2D eigenvalue weighted by atomic mass is 10.2. The number of ether oxygens (including phenoxy) is 3. The molecule has 2 aromatic rings. The maximum atomic E-state index is 10.7. The van der Waals surface area contributed by atoms with Crippen LogP contribution in [0.3, 0.4) is 0 Å². The minimum atomic E-state index is -1.22. The van der Waals surface area contributed by atoms with Gasteiger partial charge in [0.1, 0.15) is 0 Å². The average Bonchev–Trinajstić information content (AvgIpc) is 2.61. The van der Waals surface area contributed by atoms with Gasteiger partial charge in [-0.15, -0.1) is 0 Å². The molecule has 7 nitrogen and oxygen atoms in total. The first-order valence-electron chi connectivity index (χ1n) is 6.99. The molecule has 24 heavy (non-hydrogen) atoms. The summed E-state index contributed by atoms with van der Waals surface area (Å²) in [6, 6.07) is 9.58. The van der Waals surface area contributed by atoms with Crippen molar-refractivity contribution < 1.29 is 24.1 Å². The van der Waals surface area contributed by atoms with E-state index in [2.05, 4.69) is 10.5 Å². The zero-order valence-electron chi connectivity index (χ0n) is 13.5. The number of nitrogens with one attached hydrogen (secondary N) is 1. The van der Waals surface area contributed by atoms with Crippen molar-refractivity contribution in [3.8, 4) is 17.2 Å². The Morgan fingerprint density at radius 2 is 1.62 bits per heavy atom. The van der Waals surface area contributed by atoms with Crippen LogP contribution in [0.4, 0.5) is 5.69 Å². The summed E-state index contributed by atoms with van der Waals surface area (Å²) in [5, 5.41) is 14.8. The first-order valence-corrected chi connectivity index (χ1v) is 6.99. The van der Waals surface area contributed by atoms with Gasteiger partial charge in [0.15, 0.2) is 11.5 Å². The SMILES string of the molecule is COc1cc(/C=N\Nc2ccc(C(=O)[O-])cc2)cc(OC)c1OC. The van der Waals surface area contributed by atoms with E-state index in [0.717, 1.165) is 5.56 Å². The van der Waals surface area contributed by atoms with Crippen LogP contribution in [-0.2, 0) is 0 Å². The molecule has 0 saturated carbocycles. The Bertz CT molecular complexity index is 716. The van der Waals surface area contributed by atoms with Crippen molar-refractivity contribution in [2.75, 3.05) is 26.8 Å². The van der Waals surface area contributed by atoms with Gasteiger partial charge >= 0.3 is 0 Å². The second-order valence-corrected chi connectivity index (χ2v) is 4.69. The molecule has 0 aliphatic rings. The third-order valence-electron chi connectivity index (χ3n) is 3.21. The van der Waals surface area contributed by atoms with E-state index < -0.39 is 5.97 Å². The molecular formula is C17H17N2O5-. The first kappa shape index (κ1) is 17.1. The van der Waals surface area contributed by atoms with Gasteiger partial charge in [0.05, 0.1) is 39.2 Å². The van der Waals surface area contributed by atoms with Crippen molar-refractivity contribution in [2.24, 2.45) is 5.10 Å². The third kappa shape index (κ3) is 3.95. The zero-order chi connectivity index (χ0) is 17.5. The smallest absolute Gasteiger partial charge is 0.203 e. The highest BCUT2D eigenvalue weighted by molar-refractivity contribution is 5.86. The monoisotopic (exact) mass is 329 g/mol. The van der Waals surface area contributed by atoms with E-state index in [1.807, 2.05) is 0 Å². The lowest BCUT2D eigenvalue weighted by molar-refractivity contribution is -0.255. The minimum absolute atomic E-state index is 0.106. The van der Waals surface area contributed by atoms with Crippen LogP contribution in [0.2, 0.25) is 0 Å². The molecule has 0 fully saturated rings. The predicted molar refractivity (Wildman–Crippen MR) is 88.1 cm³/mol. The van der Waals surface area contributed by atoms with Crippen LogP contribution in [-0.4, -0.2) is 33.5 Å². The largest absolute Gasteiger partial charge is 0.545 e. The van der Waals surface area contributed by atoms with Crippen molar-refractivity contribution >= 4 is 17.9 Å². The Labute approximate surface area is 139 Å². The quantitative estimate of drug-likeness (QED) is 0.612. The normalized spacial score (nSPS) is 10.5. The molecular weight excluding hydrogens is 312 g/mol. The molecule has 126 valence electrons. The van der Waals surface area contributed by atoms with E-state index >= 15 is 0 Å². The molecule has 0 heterocycles. The second-order valence-electron chi connectivity index (χ2n) is 4.69. The van der Waals surface area contributed by atoms with Crippen LogP contribution in [0.15, 0.2) is 41.5 Å². The lowest BCUT2D eigenvalue weighted by Crippen LogP contribution is -2.21. The third-order valence-corrected chi connectivity index (χ3v) is 3.21. The summed E-state index contributed by atoms with van der Waals surface area (Å²) in [5.74, 6) is 0.332. The van der Waals surface area contributed by atoms with Gasteiger partial charge in [0, 0.05) is 5.56 Å². The van der Waals surface area contributed by atoms with Crippen LogP contribution in [0.1, 0.15) is 15.9 Å². The van der Waals surface area contributed by atoms with E-state index in [1.54, 1.807) is 30.5 Å². The summed E-state index contributed by atoms with van der Waals surface area (Å²) in [7, 11) is 4.61. The lowest BCUT2D eigenvalue weighted by Gasteiger charge is -2.12. The molecule has 2 rings (SSSR count). The van der Waals surface area contributed by atoms with Gasteiger partial charge in [-0.2, -0.15) is 5.10 Å². The van der Waals surface area contributed by atoms with Gasteiger partial charge in [-0.25, -0.2) is 0 Å². The molecule has 0 radical (unpaired) electrons. The fraction of sp³-hybridized carbons (Fsp3) is 0.176. The highest BCUT2D eigenvalue weighted by atomic mass is 16.5. The van der Waals surface area contributed by atoms with Gasteiger partial charge in [0.25, 0.3) is 0 Å². The van der Waals surface area contributed by atoms with Crippen molar-refractivity contribution in [1.29, 1.82) is 0 Å². The average molecular weight is 329 g/mol. The molecule has 0 aliphatic heterocycles. The number of rotatable bonds is 7. The predicted octanol–water partition coefficient (Wildman–Crippen LogP) is 1.52. The molecule has 1 N–H and O–H groups in total. The molecule has 0 atom stereocenters. The van der Waals surface area contributed by atoms with Gasteiger partial charge in [0.2, 0.25) is 5.75 Å². The molecule has 7 heteroatoms. The van der Waals surface area contributed by atoms with Crippen LogP contribution in [0.5, 0.6) is 17.2 Å². The zero-order valence-corrected chi connectivity index (χ0v) is 13.5. The van der Waals surface area contributed by atoms with Crippen LogP contribution in [0.25, 0.3) is 0 Å². The molecule has 0 bridgehead atoms. The topological polar surface area (TPSA) is 92.2 Å². The van der Waals surface area contributed by atoms with Crippen molar-refractivity contribution in [3.63, 3.8) is 0 Å². The minimum Gasteiger partial charge on any atom is -0.545 e. The van der Waals surface area contributed by atoms with Gasteiger partial charge in [-0.05, 0) is 29.8 Å². The molecule has 0 spiro atoms. The van der Waals surface area contributed by atoms with Gasteiger partial charge in [-0.1, -0.05) is 12.1 Å². The summed E-state index contributed by atoms with van der Waals surface area (Å²) in [6.07, 6.45) is 1.58. The summed E-state index contributed by atoms with van der Waals surface area (Å²) in [4.78, 5) is 10.7. The number of methoxy groups -OCH3 is 3. The Hall–Kier alpha value is -3.22. The molecule has 0 amide bonds. The molecule has 0 aliphatic carbocycles. The van der Waals surface area contributed by atoms with Crippen molar-refractivity contribution in [2.45, 2.75) is 0 Å². The first-order chi connectivity index (χ1) is 11.6. The summed E-state index contributed by atoms with van der Waals surface area (Å²) in [5.41, 5.74) is 4.29. The van der Waals surface area contributed by atoms with Crippen LogP contribution in [0, 0.1) is 0 Å². The highest BCUT2D eigenvalue weighted by Gasteiger charge is 2.12. The number of carbonyl (C=O) groups excluding carboxylic acids is 1. The van der Waals surface area contributed by atoms with E-state index in [-0.39, 0.29) is 5.56 Å². The number of hydrazone groups is 1. The Morgan fingerprint density at radius 1 is 1.04 bits per heavy atom. The standard InChI is InChI=1S/C17H18N2O5/c1-22-14-8-11(9-15(23-2)16(14)24-3)10-18-19-13-6-4-12(5-7-13)17(20)21/h4-10,19H,1-3H3,(H,20,21)/p-1/b18-10-. The second kappa shape index (κ2) is 7.87. The number of carboxylic acid groups (broad SMARTS) is 1. The summed E-state index contributed by atoms with van der Waals surface area (Å²) in [6.45, 7) is 0. The summed E-state index contributed by atoms with van der Waals surface area (Å²) >= 11 is 0. The number of hydrogen-bond donors (Lipinski definition) is 1. The van der Waals surface area contributed by atoms with E-state index in [4.69, 9.17) is 14.2 Å². The number of carbonyl (C=O) groups is 1.